The average molecular weight is 877 g/mol. The molecule has 0 aliphatic heterocycles. The fraction of sp³-hybridized carbons (Fsp3) is 0.0746. The lowest BCUT2D eigenvalue weighted by atomic mass is 9.66. The van der Waals surface area contributed by atoms with Crippen LogP contribution in [0.15, 0.2) is 218 Å². The number of para-hydroxylation sites is 2. The molecule has 2 aliphatic rings. The molecule has 0 amide bonds. The van der Waals surface area contributed by atoms with Gasteiger partial charge in [-0.1, -0.05) is 171 Å². The van der Waals surface area contributed by atoms with Gasteiger partial charge in [0.25, 0.3) is 0 Å². The van der Waals surface area contributed by atoms with Crippen LogP contribution in [0.4, 0.5) is 0 Å². The third-order valence-corrected chi connectivity index (χ3v) is 16.5. The highest BCUT2D eigenvalue weighted by atomic mass is 15.0. The van der Waals surface area contributed by atoms with E-state index >= 15 is 0 Å². The summed E-state index contributed by atoms with van der Waals surface area (Å²) in [5.74, 6) is 0. The fourth-order valence-electron chi connectivity index (χ4n) is 13.5. The van der Waals surface area contributed by atoms with Crippen LogP contribution in [0.25, 0.3) is 131 Å². The molecule has 2 heterocycles. The molecule has 14 aromatic rings. The zero-order valence-corrected chi connectivity index (χ0v) is 38.0. The van der Waals surface area contributed by atoms with Crippen LogP contribution in [0, 0.1) is 0 Å². The minimum absolute atomic E-state index is 0.0403. The maximum atomic E-state index is 2.58. The molecule has 1 spiro atoms. The average Bonchev–Trinajstić information content (AvgIpc) is 4.13. The Hall–Kier alpha value is -8.46. The van der Waals surface area contributed by atoms with Gasteiger partial charge in [-0.2, -0.15) is 0 Å². The maximum Gasteiger partial charge on any atom is 0.0547 e. The Morgan fingerprint density at radius 3 is 1.19 bits per heavy atom. The van der Waals surface area contributed by atoms with E-state index in [9.17, 15) is 0 Å². The Bertz CT molecular complexity index is 4270. The highest BCUT2D eigenvalue weighted by Crippen LogP contribution is 2.57. The van der Waals surface area contributed by atoms with Crippen LogP contribution in [-0.2, 0) is 5.41 Å². The number of fused-ring (bicyclic) bond motifs is 10. The predicted octanol–water partition coefficient (Wildman–Crippen LogP) is 18.2. The molecule has 0 saturated heterocycles. The number of hydrogen-bond acceptors (Lipinski definition) is 0. The fourth-order valence-corrected chi connectivity index (χ4v) is 13.5. The van der Waals surface area contributed by atoms with Crippen molar-refractivity contribution in [3.63, 3.8) is 0 Å². The molecule has 1 saturated carbocycles. The van der Waals surface area contributed by atoms with Crippen molar-refractivity contribution in [2.75, 3.05) is 0 Å². The molecule has 2 nitrogen and oxygen atoms in total. The molecule has 0 atom stereocenters. The molecule has 0 N–H and O–H groups in total. The van der Waals surface area contributed by atoms with Crippen molar-refractivity contribution in [1.29, 1.82) is 0 Å². The third-order valence-electron chi connectivity index (χ3n) is 16.5. The smallest absolute Gasteiger partial charge is 0.0547 e. The first-order valence-corrected chi connectivity index (χ1v) is 24.7. The third kappa shape index (κ3) is 5.10. The number of hydrogen-bond donors (Lipinski definition) is 0. The predicted molar refractivity (Wildman–Crippen MR) is 293 cm³/mol. The van der Waals surface area contributed by atoms with E-state index in [2.05, 4.69) is 228 Å². The molecule has 0 bridgehead atoms. The lowest BCUT2D eigenvalue weighted by Gasteiger charge is -2.37. The van der Waals surface area contributed by atoms with Crippen LogP contribution in [0.1, 0.15) is 36.8 Å². The van der Waals surface area contributed by atoms with Gasteiger partial charge in [0.2, 0.25) is 0 Å². The first kappa shape index (κ1) is 37.6. The molecular formula is C67H44N2. The highest BCUT2D eigenvalue weighted by molar-refractivity contribution is 6.29. The Morgan fingerprint density at radius 2 is 0.681 bits per heavy atom. The molecule has 0 unspecified atom stereocenters. The van der Waals surface area contributed by atoms with Gasteiger partial charge in [0.1, 0.15) is 0 Å². The van der Waals surface area contributed by atoms with E-state index in [1.54, 1.807) is 0 Å². The first-order valence-electron chi connectivity index (χ1n) is 24.7. The summed E-state index contributed by atoms with van der Waals surface area (Å²) >= 11 is 0. The monoisotopic (exact) mass is 876 g/mol. The Morgan fingerprint density at radius 1 is 0.275 bits per heavy atom. The van der Waals surface area contributed by atoms with Crippen molar-refractivity contribution in [2.45, 2.75) is 31.1 Å². The Labute approximate surface area is 398 Å². The van der Waals surface area contributed by atoms with E-state index in [0.29, 0.717) is 0 Å². The van der Waals surface area contributed by atoms with Crippen molar-refractivity contribution >= 4 is 97.5 Å². The van der Waals surface area contributed by atoms with E-state index < -0.39 is 0 Å². The number of aromatic nitrogens is 2. The minimum Gasteiger partial charge on any atom is -0.309 e. The van der Waals surface area contributed by atoms with Crippen molar-refractivity contribution in [3.8, 4) is 33.6 Å². The molecule has 322 valence electrons. The second kappa shape index (κ2) is 13.8. The molecule has 12 aromatic carbocycles. The van der Waals surface area contributed by atoms with Crippen molar-refractivity contribution < 1.29 is 0 Å². The summed E-state index contributed by atoms with van der Waals surface area (Å²) < 4.78 is 5.15. The molecule has 2 aliphatic carbocycles. The van der Waals surface area contributed by atoms with E-state index in [1.165, 1.54) is 168 Å². The summed E-state index contributed by atoms with van der Waals surface area (Å²) in [7, 11) is 0. The van der Waals surface area contributed by atoms with Gasteiger partial charge in [0, 0.05) is 37.7 Å². The lowest BCUT2D eigenvalue weighted by molar-refractivity contribution is 0.543. The molecule has 2 heteroatoms. The van der Waals surface area contributed by atoms with E-state index in [0.717, 1.165) is 0 Å². The largest absolute Gasteiger partial charge is 0.309 e. The van der Waals surface area contributed by atoms with Gasteiger partial charge < -0.3 is 9.13 Å². The Balaban J connectivity index is 0.991. The van der Waals surface area contributed by atoms with Gasteiger partial charge in [0.05, 0.1) is 33.4 Å². The van der Waals surface area contributed by atoms with Gasteiger partial charge in [-0.3, -0.25) is 0 Å². The quantitative estimate of drug-likeness (QED) is 0.156. The zero-order valence-electron chi connectivity index (χ0n) is 38.0. The Kier molecular flexibility index (Phi) is 7.53. The molecule has 69 heavy (non-hydrogen) atoms. The molecular weight excluding hydrogens is 833 g/mol. The SMILES string of the molecule is c1ccc2cc(-c3ccc4c(c3)c3ccccc3n4-c3cc4cc(-n5c6ccccc6c6cc(-c7ccc8ccccc8c7)ccc65)c5cccc6c5c4c4c(cccc34)C63CCCC3)ccc2c1. The van der Waals surface area contributed by atoms with Crippen molar-refractivity contribution in [2.24, 2.45) is 0 Å². The number of benzene rings is 12. The number of nitrogens with zero attached hydrogens (tertiary/aromatic N) is 2. The number of rotatable bonds is 4. The standard InChI is InChI=1S/C67H44N2/c1-3-15-43-35-45(27-25-41(43)13-1)47-29-31-60-54(37-47)50-17-5-7-23-58(50)68(60)62-39-49-40-63(53-20-12-22-57-66(53)64(49)65-52(62)19-11-21-56(65)67(57)33-9-10-34-67)69-59-24-8-6-18-51(59)55-38-48(30-32-61(55)69)46-28-26-42-14-2-4-16-44(42)36-46/h1-8,11-32,35-40H,9-10,33-34H2. The van der Waals surface area contributed by atoms with Gasteiger partial charge in [-0.15, -0.1) is 0 Å². The normalized spacial score (nSPS) is 14.3. The minimum atomic E-state index is -0.0403. The molecule has 2 aromatic heterocycles. The van der Waals surface area contributed by atoms with Gasteiger partial charge in [-0.25, -0.2) is 0 Å². The second-order valence-corrected chi connectivity index (χ2v) is 19.9. The topological polar surface area (TPSA) is 9.86 Å². The maximum absolute atomic E-state index is 2.58. The summed E-state index contributed by atoms with van der Waals surface area (Å²) in [6.45, 7) is 0. The molecule has 0 radical (unpaired) electrons. The molecule has 16 rings (SSSR count). The summed E-state index contributed by atoms with van der Waals surface area (Å²) in [4.78, 5) is 0. The van der Waals surface area contributed by atoms with Gasteiger partial charge in [0.15, 0.2) is 0 Å². The van der Waals surface area contributed by atoms with Crippen LogP contribution in [0.5, 0.6) is 0 Å². The van der Waals surface area contributed by atoms with Crippen LogP contribution in [-0.4, -0.2) is 9.13 Å². The van der Waals surface area contributed by atoms with E-state index in [-0.39, 0.29) is 5.41 Å². The highest BCUT2D eigenvalue weighted by Gasteiger charge is 2.43. The van der Waals surface area contributed by atoms with Gasteiger partial charge >= 0.3 is 0 Å². The van der Waals surface area contributed by atoms with Gasteiger partial charge in [-0.05, 0) is 150 Å². The zero-order chi connectivity index (χ0) is 45.0. The van der Waals surface area contributed by atoms with Crippen LogP contribution in [0.3, 0.4) is 0 Å². The van der Waals surface area contributed by atoms with Crippen LogP contribution in [0.2, 0.25) is 0 Å². The van der Waals surface area contributed by atoms with Crippen LogP contribution < -0.4 is 0 Å². The first-order chi connectivity index (χ1) is 34.2. The lowest BCUT2D eigenvalue weighted by Crippen LogP contribution is -2.27. The van der Waals surface area contributed by atoms with E-state index in [4.69, 9.17) is 0 Å². The van der Waals surface area contributed by atoms with Crippen LogP contribution >= 0.6 is 0 Å². The summed E-state index contributed by atoms with van der Waals surface area (Å²) in [6, 6.07) is 82.9. The summed E-state index contributed by atoms with van der Waals surface area (Å²) in [6.07, 6.45) is 4.81. The van der Waals surface area contributed by atoms with E-state index in [1.807, 2.05) is 0 Å². The second-order valence-electron chi connectivity index (χ2n) is 19.9. The van der Waals surface area contributed by atoms with Crippen molar-refractivity contribution in [3.05, 3.63) is 230 Å². The molecule has 1 fully saturated rings. The summed E-state index contributed by atoms with van der Waals surface area (Å²) in [5.41, 5.74) is 15.3. The summed E-state index contributed by atoms with van der Waals surface area (Å²) in [5, 5.41) is 18.3. The van der Waals surface area contributed by atoms with Crippen molar-refractivity contribution in [1.82, 2.24) is 9.13 Å².